The van der Waals surface area contributed by atoms with Crippen molar-refractivity contribution in [1.29, 1.82) is 0 Å². The Morgan fingerprint density at radius 3 is 2.32 bits per heavy atom. The van der Waals surface area contributed by atoms with Crippen LogP contribution in [0.15, 0.2) is 31.4 Å². The van der Waals surface area contributed by atoms with Crippen molar-refractivity contribution in [3.63, 3.8) is 0 Å². The Bertz CT molecular complexity index is 553. The van der Waals surface area contributed by atoms with E-state index in [1.54, 1.807) is 0 Å². The lowest BCUT2D eigenvalue weighted by Crippen LogP contribution is -2.19. The van der Waals surface area contributed by atoms with Gasteiger partial charge in [0.1, 0.15) is 5.82 Å². The van der Waals surface area contributed by atoms with E-state index in [0.29, 0.717) is 0 Å². The Hall–Kier alpha value is -1.57. The first-order valence-electron chi connectivity index (χ1n) is 9.94. The third-order valence-corrected chi connectivity index (χ3v) is 5.11. The van der Waals surface area contributed by atoms with Crippen molar-refractivity contribution in [2.24, 2.45) is 17.8 Å². The summed E-state index contributed by atoms with van der Waals surface area (Å²) in [6, 6.07) is 0. The molecule has 0 N–H and O–H groups in total. The first-order chi connectivity index (χ1) is 12.0. The molecule has 0 unspecified atom stereocenters. The second-order valence-electron chi connectivity index (χ2n) is 7.58. The first kappa shape index (κ1) is 21.5. The van der Waals surface area contributed by atoms with E-state index in [1.807, 2.05) is 18.2 Å². The van der Waals surface area contributed by atoms with E-state index in [9.17, 15) is 0 Å². The van der Waals surface area contributed by atoms with Crippen molar-refractivity contribution in [2.75, 3.05) is 0 Å². The second kappa shape index (κ2) is 11.1. The molecule has 0 amide bonds. The summed E-state index contributed by atoms with van der Waals surface area (Å²) in [6.07, 6.45) is 13.3. The summed E-state index contributed by atoms with van der Waals surface area (Å²) in [7, 11) is 0. The Morgan fingerprint density at radius 1 is 1.12 bits per heavy atom. The number of aromatic nitrogens is 2. The van der Waals surface area contributed by atoms with Crippen LogP contribution in [0.5, 0.6) is 0 Å². The minimum absolute atomic E-state index is 0.720. The minimum Gasteiger partial charge on any atom is -0.331 e. The van der Waals surface area contributed by atoms with E-state index in [1.165, 1.54) is 17.9 Å². The van der Waals surface area contributed by atoms with E-state index < -0.39 is 0 Å². The quantitative estimate of drug-likeness (QED) is 0.242. The van der Waals surface area contributed by atoms with Crippen LogP contribution in [0.4, 0.5) is 0 Å². The van der Waals surface area contributed by atoms with Gasteiger partial charge in [0, 0.05) is 18.7 Å². The van der Waals surface area contributed by atoms with Gasteiger partial charge in [-0.15, -0.1) is 6.58 Å². The van der Waals surface area contributed by atoms with Crippen LogP contribution >= 0.6 is 0 Å². The van der Waals surface area contributed by atoms with Gasteiger partial charge in [0.15, 0.2) is 0 Å². The molecular weight excluding hydrogens is 304 g/mol. The molecular formula is C23H38N2. The Kier molecular flexibility index (Phi) is 9.55. The van der Waals surface area contributed by atoms with Gasteiger partial charge in [-0.2, -0.15) is 0 Å². The van der Waals surface area contributed by atoms with Crippen LogP contribution in [0.2, 0.25) is 0 Å². The third kappa shape index (κ3) is 6.34. The summed E-state index contributed by atoms with van der Waals surface area (Å²) in [5, 5.41) is 0. The third-order valence-electron chi connectivity index (χ3n) is 5.11. The smallest absolute Gasteiger partial charge is 0.109 e. The summed E-state index contributed by atoms with van der Waals surface area (Å²) in [6.45, 7) is 20.3. The molecule has 0 aliphatic rings. The Labute approximate surface area is 155 Å². The molecule has 0 spiro atoms. The summed E-state index contributed by atoms with van der Waals surface area (Å²) >= 11 is 0. The lowest BCUT2D eigenvalue weighted by molar-refractivity contribution is 0.255. The number of hydrogen-bond donors (Lipinski definition) is 0. The molecule has 0 saturated carbocycles. The molecule has 140 valence electrons. The Balaban J connectivity index is 3.09. The van der Waals surface area contributed by atoms with Gasteiger partial charge in [0.25, 0.3) is 0 Å². The number of imidazole rings is 1. The van der Waals surface area contributed by atoms with Crippen LogP contribution in [-0.4, -0.2) is 9.55 Å². The predicted octanol–water partition coefficient (Wildman–Crippen LogP) is 6.47. The highest BCUT2D eigenvalue weighted by Gasteiger charge is 2.20. The summed E-state index contributed by atoms with van der Waals surface area (Å²) in [4.78, 5) is 4.95. The average molecular weight is 343 g/mol. The summed E-state index contributed by atoms with van der Waals surface area (Å²) < 4.78 is 2.49. The number of nitrogens with zero attached hydrogens (tertiary/aromatic N) is 2. The van der Waals surface area contributed by atoms with Gasteiger partial charge in [-0.05, 0) is 49.5 Å². The van der Waals surface area contributed by atoms with Crippen molar-refractivity contribution in [2.45, 2.75) is 73.3 Å². The molecule has 0 fully saturated rings. The average Bonchev–Trinajstić information content (AvgIpc) is 2.89. The zero-order chi connectivity index (χ0) is 18.8. The topological polar surface area (TPSA) is 17.8 Å². The largest absolute Gasteiger partial charge is 0.331 e. The van der Waals surface area contributed by atoms with Crippen molar-refractivity contribution >= 4 is 6.08 Å². The molecule has 25 heavy (non-hydrogen) atoms. The van der Waals surface area contributed by atoms with Crippen LogP contribution in [0, 0.1) is 17.8 Å². The van der Waals surface area contributed by atoms with Crippen LogP contribution in [-0.2, 0) is 19.4 Å². The lowest BCUT2D eigenvalue weighted by Gasteiger charge is -2.25. The summed E-state index contributed by atoms with van der Waals surface area (Å²) in [5.74, 6) is 3.42. The number of allylic oxidation sites excluding steroid dienone is 3. The molecule has 1 aromatic heterocycles. The van der Waals surface area contributed by atoms with E-state index >= 15 is 0 Å². The van der Waals surface area contributed by atoms with Crippen LogP contribution < -0.4 is 0 Å². The molecule has 1 aromatic rings. The molecule has 1 rings (SSSR count). The van der Waals surface area contributed by atoms with E-state index in [-0.39, 0.29) is 0 Å². The van der Waals surface area contributed by atoms with Crippen LogP contribution in [0.25, 0.3) is 6.08 Å². The highest BCUT2D eigenvalue weighted by atomic mass is 15.1. The number of aryl methyl sites for hydroxylation is 1. The fraction of sp³-hybridized carbons (Fsp3) is 0.609. The van der Waals surface area contributed by atoms with Gasteiger partial charge in [-0.25, -0.2) is 4.98 Å². The molecule has 2 nitrogen and oxygen atoms in total. The molecule has 0 atom stereocenters. The van der Waals surface area contributed by atoms with Crippen LogP contribution in [0.3, 0.4) is 0 Å². The maximum atomic E-state index is 4.95. The molecule has 0 aliphatic carbocycles. The van der Waals surface area contributed by atoms with Gasteiger partial charge in [0.2, 0.25) is 0 Å². The zero-order valence-corrected chi connectivity index (χ0v) is 17.1. The molecule has 0 aliphatic heterocycles. The minimum atomic E-state index is 0.720. The molecule has 0 aromatic carbocycles. The fourth-order valence-electron chi connectivity index (χ4n) is 3.80. The van der Waals surface area contributed by atoms with Crippen molar-refractivity contribution in [1.82, 2.24) is 9.55 Å². The van der Waals surface area contributed by atoms with Gasteiger partial charge in [-0.3, -0.25) is 0 Å². The van der Waals surface area contributed by atoms with Crippen molar-refractivity contribution in [3.05, 3.63) is 48.6 Å². The molecule has 0 saturated heterocycles. The predicted molar refractivity (Wildman–Crippen MR) is 112 cm³/mol. The van der Waals surface area contributed by atoms with Gasteiger partial charge < -0.3 is 4.57 Å². The second-order valence-corrected chi connectivity index (χ2v) is 7.58. The number of rotatable bonds is 12. The Morgan fingerprint density at radius 2 is 1.80 bits per heavy atom. The molecule has 2 heteroatoms. The highest BCUT2D eigenvalue weighted by molar-refractivity contribution is 5.50. The van der Waals surface area contributed by atoms with Gasteiger partial charge >= 0.3 is 0 Å². The molecule has 1 heterocycles. The normalized spacial score (nSPS) is 12.0. The maximum Gasteiger partial charge on any atom is 0.109 e. The molecule has 0 bridgehead atoms. The maximum absolute atomic E-state index is 4.95. The highest BCUT2D eigenvalue weighted by Crippen LogP contribution is 2.26. The number of hydrogen-bond acceptors (Lipinski definition) is 1. The first-order valence-corrected chi connectivity index (χ1v) is 9.94. The van der Waals surface area contributed by atoms with Gasteiger partial charge in [0.05, 0.1) is 5.69 Å². The van der Waals surface area contributed by atoms with Crippen LogP contribution in [0.1, 0.15) is 71.1 Å². The van der Waals surface area contributed by atoms with Gasteiger partial charge in [-0.1, -0.05) is 59.4 Å². The lowest BCUT2D eigenvalue weighted by atomic mass is 9.83. The standard InChI is InChI=1S/C23H38N2/c1-8-11-13-15-23-24-21(14-12-9-2)22(10-3)25(23)17-16-20(18(4)5)19(6)7/h8-9,12,14,18-20H,1-2,10-11,13,15-17H2,3-7H3/b14-12-. The zero-order valence-electron chi connectivity index (χ0n) is 17.1. The van der Waals surface area contributed by atoms with E-state index in [0.717, 1.165) is 55.7 Å². The van der Waals surface area contributed by atoms with E-state index in [4.69, 9.17) is 4.98 Å². The van der Waals surface area contributed by atoms with Crippen molar-refractivity contribution in [3.8, 4) is 0 Å². The monoisotopic (exact) mass is 342 g/mol. The van der Waals surface area contributed by atoms with E-state index in [2.05, 4.69) is 58.4 Å². The number of unbranched alkanes of at least 4 members (excludes halogenated alkanes) is 1. The fourth-order valence-corrected chi connectivity index (χ4v) is 3.80. The van der Waals surface area contributed by atoms with Crippen molar-refractivity contribution < 1.29 is 0 Å². The SMILES string of the molecule is C=C/C=C\c1nc(CCCC=C)n(CCC(C(C)C)C(C)C)c1CC. The molecule has 0 radical (unpaired) electrons. The summed E-state index contributed by atoms with van der Waals surface area (Å²) in [5.41, 5.74) is 2.47.